The Hall–Kier alpha value is -3.87. The predicted molar refractivity (Wildman–Crippen MR) is 94.6 cm³/mol. The van der Waals surface area contributed by atoms with Gasteiger partial charge in [-0.1, -0.05) is 6.07 Å². The number of hydrogen-bond acceptors (Lipinski definition) is 5. The van der Waals surface area contributed by atoms with Crippen LogP contribution >= 0.6 is 0 Å². The highest BCUT2D eigenvalue weighted by molar-refractivity contribution is 5.95. The fraction of sp³-hybridized carbons (Fsp3) is 0.111. The maximum atomic E-state index is 13.0. The predicted octanol–water partition coefficient (Wildman–Crippen LogP) is 3.21. The monoisotopic (exact) mass is 386 g/mol. The van der Waals surface area contributed by atoms with Gasteiger partial charge in [-0.05, 0) is 36.4 Å². The largest absolute Gasteiger partial charge is 0.416 e. The number of alkyl halides is 3. The van der Waals surface area contributed by atoms with Gasteiger partial charge in [0.15, 0.2) is 0 Å². The van der Waals surface area contributed by atoms with Gasteiger partial charge >= 0.3 is 6.18 Å². The number of rotatable bonds is 5. The molecule has 0 fully saturated rings. The van der Waals surface area contributed by atoms with Gasteiger partial charge in [-0.25, -0.2) is 9.67 Å². The summed E-state index contributed by atoms with van der Waals surface area (Å²) in [5.74, 6) is -0.567. The van der Waals surface area contributed by atoms with Gasteiger partial charge in [0.05, 0.1) is 35.1 Å². The SMILES string of the molecule is N#Cc1cccc(NCC(=O)Nc2cc(C(F)(F)F)ccc2-n2cncn2)c1. The number of anilines is 2. The molecule has 0 aliphatic heterocycles. The van der Waals surface area contributed by atoms with Gasteiger partial charge < -0.3 is 10.6 Å². The minimum Gasteiger partial charge on any atom is -0.376 e. The van der Waals surface area contributed by atoms with Crippen LogP contribution in [0.3, 0.4) is 0 Å². The van der Waals surface area contributed by atoms with Crippen molar-refractivity contribution in [1.82, 2.24) is 14.8 Å². The maximum absolute atomic E-state index is 13.0. The molecule has 2 N–H and O–H groups in total. The van der Waals surface area contributed by atoms with E-state index in [2.05, 4.69) is 20.7 Å². The first-order valence-electron chi connectivity index (χ1n) is 7.97. The van der Waals surface area contributed by atoms with E-state index in [1.165, 1.54) is 23.4 Å². The molecule has 0 radical (unpaired) electrons. The number of nitrogens with one attached hydrogen (secondary N) is 2. The number of hydrogen-bond donors (Lipinski definition) is 2. The quantitative estimate of drug-likeness (QED) is 0.702. The molecule has 1 aromatic heterocycles. The van der Waals surface area contributed by atoms with E-state index in [0.717, 1.165) is 12.1 Å². The van der Waals surface area contributed by atoms with E-state index in [1.807, 2.05) is 6.07 Å². The summed E-state index contributed by atoms with van der Waals surface area (Å²) in [6.07, 6.45) is -2.02. The van der Waals surface area contributed by atoms with E-state index in [1.54, 1.807) is 24.3 Å². The number of nitriles is 1. The summed E-state index contributed by atoms with van der Waals surface area (Å²) in [4.78, 5) is 16.0. The van der Waals surface area contributed by atoms with E-state index in [0.29, 0.717) is 11.3 Å². The summed E-state index contributed by atoms with van der Waals surface area (Å²) in [6.45, 7) is -0.206. The maximum Gasteiger partial charge on any atom is 0.416 e. The Morgan fingerprint density at radius 3 is 2.71 bits per heavy atom. The Balaban J connectivity index is 1.79. The first-order valence-corrected chi connectivity index (χ1v) is 7.97. The zero-order valence-electron chi connectivity index (χ0n) is 14.2. The lowest BCUT2D eigenvalue weighted by Crippen LogP contribution is -2.23. The molecule has 0 spiro atoms. The highest BCUT2D eigenvalue weighted by Crippen LogP contribution is 2.33. The fourth-order valence-corrected chi connectivity index (χ4v) is 2.42. The van der Waals surface area contributed by atoms with Crippen molar-refractivity contribution >= 4 is 17.3 Å². The molecular weight excluding hydrogens is 373 g/mol. The molecule has 7 nitrogen and oxygen atoms in total. The van der Waals surface area contributed by atoms with Gasteiger partial charge in [-0.15, -0.1) is 0 Å². The first kappa shape index (κ1) is 18.9. The van der Waals surface area contributed by atoms with Crippen molar-refractivity contribution in [2.75, 3.05) is 17.2 Å². The number of halogens is 3. The molecule has 1 heterocycles. The van der Waals surface area contributed by atoms with Crippen molar-refractivity contribution in [3.05, 3.63) is 66.2 Å². The van der Waals surface area contributed by atoms with Crippen LogP contribution in [0.1, 0.15) is 11.1 Å². The van der Waals surface area contributed by atoms with Crippen LogP contribution in [-0.2, 0) is 11.0 Å². The third kappa shape index (κ3) is 4.45. The number of carbonyl (C=O) groups excluding carboxylic acids is 1. The third-order valence-corrected chi connectivity index (χ3v) is 3.71. The minimum absolute atomic E-state index is 0.0575. The summed E-state index contributed by atoms with van der Waals surface area (Å²) < 4.78 is 40.4. The normalized spacial score (nSPS) is 10.9. The summed E-state index contributed by atoms with van der Waals surface area (Å²) in [5.41, 5.74) is 0.232. The molecule has 0 unspecified atom stereocenters. The molecule has 0 bridgehead atoms. The average molecular weight is 386 g/mol. The topological polar surface area (TPSA) is 95.6 Å². The number of nitrogens with zero attached hydrogens (tertiary/aromatic N) is 4. The molecule has 0 saturated heterocycles. The molecule has 0 aliphatic rings. The summed E-state index contributed by atoms with van der Waals surface area (Å²) in [5, 5.41) is 18.0. The summed E-state index contributed by atoms with van der Waals surface area (Å²) >= 11 is 0. The van der Waals surface area contributed by atoms with Crippen molar-refractivity contribution < 1.29 is 18.0 Å². The average Bonchev–Trinajstić information content (AvgIpc) is 3.20. The van der Waals surface area contributed by atoms with Gasteiger partial charge in [0, 0.05) is 5.69 Å². The summed E-state index contributed by atoms with van der Waals surface area (Å²) in [6, 6.07) is 11.4. The van der Waals surface area contributed by atoms with Crippen molar-refractivity contribution in [1.29, 1.82) is 5.26 Å². The van der Waals surface area contributed by atoms with Crippen LogP contribution in [0.2, 0.25) is 0 Å². The van der Waals surface area contributed by atoms with E-state index in [4.69, 9.17) is 5.26 Å². The Labute approximate surface area is 157 Å². The lowest BCUT2D eigenvalue weighted by molar-refractivity contribution is -0.137. The van der Waals surface area contributed by atoms with Gasteiger partial charge in [0.25, 0.3) is 0 Å². The van der Waals surface area contributed by atoms with Crippen LogP contribution in [0.5, 0.6) is 0 Å². The zero-order valence-corrected chi connectivity index (χ0v) is 14.2. The molecule has 142 valence electrons. The number of benzene rings is 2. The van der Waals surface area contributed by atoms with E-state index in [-0.39, 0.29) is 17.9 Å². The Morgan fingerprint density at radius 2 is 2.04 bits per heavy atom. The molecule has 10 heteroatoms. The van der Waals surface area contributed by atoms with Gasteiger partial charge in [-0.3, -0.25) is 4.79 Å². The van der Waals surface area contributed by atoms with Crippen molar-refractivity contribution in [2.24, 2.45) is 0 Å². The molecule has 3 aromatic rings. The van der Waals surface area contributed by atoms with Crippen LogP contribution < -0.4 is 10.6 Å². The van der Waals surface area contributed by atoms with Crippen LogP contribution in [0.4, 0.5) is 24.5 Å². The number of amides is 1. The number of aromatic nitrogens is 3. The van der Waals surface area contributed by atoms with Crippen molar-refractivity contribution in [3.63, 3.8) is 0 Å². The highest BCUT2D eigenvalue weighted by Gasteiger charge is 2.31. The van der Waals surface area contributed by atoms with Crippen LogP contribution in [-0.4, -0.2) is 27.2 Å². The molecule has 0 aliphatic carbocycles. The highest BCUT2D eigenvalue weighted by atomic mass is 19.4. The van der Waals surface area contributed by atoms with E-state index in [9.17, 15) is 18.0 Å². The standard InChI is InChI=1S/C18H13F3N6O/c19-18(20,21)13-4-5-16(27-11-23-10-25-27)15(7-13)26-17(28)9-24-14-3-1-2-12(6-14)8-22/h1-7,10-11,24H,9H2,(H,26,28). The fourth-order valence-electron chi connectivity index (χ4n) is 2.42. The second kappa shape index (κ2) is 7.79. The second-order valence-electron chi connectivity index (χ2n) is 5.66. The first-order chi connectivity index (χ1) is 13.4. The van der Waals surface area contributed by atoms with E-state index < -0.39 is 17.6 Å². The molecule has 28 heavy (non-hydrogen) atoms. The molecule has 2 aromatic carbocycles. The Bertz CT molecular complexity index is 1020. The molecule has 1 amide bonds. The molecule has 0 saturated carbocycles. The van der Waals surface area contributed by atoms with Crippen molar-refractivity contribution in [3.8, 4) is 11.8 Å². The van der Waals surface area contributed by atoms with Gasteiger partial charge in [0.1, 0.15) is 12.7 Å². The Morgan fingerprint density at radius 1 is 1.21 bits per heavy atom. The third-order valence-electron chi connectivity index (χ3n) is 3.71. The molecular formula is C18H13F3N6O. The minimum atomic E-state index is -4.56. The lowest BCUT2D eigenvalue weighted by atomic mass is 10.1. The smallest absolute Gasteiger partial charge is 0.376 e. The zero-order chi connectivity index (χ0) is 20.1. The Kier molecular flexibility index (Phi) is 5.26. The van der Waals surface area contributed by atoms with Crippen LogP contribution in [0, 0.1) is 11.3 Å². The summed E-state index contributed by atoms with van der Waals surface area (Å²) in [7, 11) is 0. The molecule has 3 rings (SSSR count). The van der Waals surface area contributed by atoms with Gasteiger partial charge in [0.2, 0.25) is 5.91 Å². The second-order valence-corrected chi connectivity index (χ2v) is 5.66. The van der Waals surface area contributed by atoms with Crippen LogP contribution in [0.25, 0.3) is 5.69 Å². The van der Waals surface area contributed by atoms with E-state index >= 15 is 0 Å². The molecule has 0 atom stereocenters. The number of carbonyl (C=O) groups is 1. The van der Waals surface area contributed by atoms with Crippen molar-refractivity contribution in [2.45, 2.75) is 6.18 Å². The lowest BCUT2D eigenvalue weighted by Gasteiger charge is -2.15. The van der Waals surface area contributed by atoms with Crippen LogP contribution in [0.15, 0.2) is 55.1 Å². The van der Waals surface area contributed by atoms with Gasteiger partial charge in [-0.2, -0.15) is 23.5 Å².